The van der Waals surface area contributed by atoms with Crippen LogP contribution in [0, 0.1) is 48.5 Å². The number of halogens is 4. The molecule has 13 nitrogen and oxygen atoms in total. The standard InChI is InChI=1S/C31H38BNO3.C27H29BO3.C20H23BO3.C7H7BO3.2C7H6Br2.CH4/c1-21-26(24-15-13-23(14-16-24)19-33-18-17-25(34)20-33)9-7-10-27(21)28-11-8-12-29(22(28)2)32-35-30(3,4)31(5,6)36-32;1-18-22(21-15-13-20(17-29)14-16-21)9-7-10-23(18)24-11-8-12-25(19(24)2)28-30-26(3,4)27(5,6)31-28;1-14-17(16-11-9-15(13-22)10-12-16)7-6-8-18(14)21-23-19(2,3)20(4,5)24-21;9-5-6-1-3-7(4-2-6)8(10)11;2*1-5-6(8)3-2-4-7(5)9;/h7-16,25,34H,17-20H2,1-6H3;7-17H,1-6H3;6-13H,1-5H3;1-5,10-11H;2*2-4H,1H3;1H4/t25-;;;;;;/m1....../s1. The van der Waals surface area contributed by atoms with Crippen LogP contribution in [0.3, 0.4) is 0 Å². The number of benzene rings is 11. The van der Waals surface area contributed by atoms with E-state index < -0.39 is 7.12 Å². The van der Waals surface area contributed by atoms with E-state index >= 15 is 0 Å². The Kier molecular flexibility index (Phi) is 33.2. The number of aldehydes is 3. The molecule has 11 aromatic rings. The van der Waals surface area contributed by atoms with Gasteiger partial charge in [-0.1, -0.05) is 271 Å². The van der Waals surface area contributed by atoms with Crippen LogP contribution < -0.4 is 21.9 Å². The maximum Gasteiger partial charge on any atom is 0.495 e. The van der Waals surface area contributed by atoms with E-state index in [0.717, 1.165) is 106 Å². The van der Waals surface area contributed by atoms with Crippen LogP contribution in [0.25, 0.3) is 55.6 Å². The number of carbonyl (C=O) groups excluding carboxylic acids is 3. The highest BCUT2D eigenvalue weighted by atomic mass is 79.9. The van der Waals surface area contributed by atoms with Gasteiger partial charge in [-0.3, -0.25) is 19.3 Å². The Balaban J connectivity index is 0.000000178. The molecule has 0 amide bonds. The molecule has 3 N–H and O–H groups in total. The highest BCUT2D eigenvalue weighted by Gasteiger charge is 2.54. The van der Waals surface area contributed by atoms with Crippen LogP contribution >= 0.6 is 63.7 Å². The first kappa shape index (κ1) is 97.0. The average molecular weight is 1880 g/mol. The lowest BCUT2D eigenvalue weighted by molar-refractivity contribution is 0.00578. The van der Waals surface area contributed by atoms with Gasteiger partial charge in [-0.2, -0.15) is 0 Å². The first-order valence-electron chi connectivity index (χ1n) is 40.5. The first-order chi connectivity index (χ1) is 56.6. The lowest BCUT2D eigenvalue weighted by Gasteiger charge is -2.32. The molecule has 630 valence electrons. The molecule has 0 spiro atoms. The molecule has 0 unspecified atom stereocenters. The number of aliphatic hydroxyl groups excluding tert-OH is 1. The Labute approximate surface area is 753 Å². The van der Waals surface area contributed by atoms with Gasteiger partial charge in [-0.25, -0.2) is 0 Å². The van der Waals surface area contributed by atoms with Crippen molar-refractivity contribution in [1.29, 1.82) is 0 Å². The fourth-order valence-corrected chi connectivity index (χ4v) is 16.4. The van der Waals surface area contributed by atoms with Crippen molar-refractivity contribution in [3.05, 3.63) is 304 Å². The molecule has 21 heteroatoms. The number of carbonyl (C=O) groups is 3. The van der Waals surface area contributed by atoms with E-state index in [-0.39, 0.29) is 68.5 Å². The zero-order valence-corrected chi connectivity index (χ0v) is 78.6. The molecule has 0 aromatic heterocycles. The van der Waals surface area contributed by atoms with Gasteiger partial charge in [-0.15, -0.1) is 0 Å². The van der Waals surface area contributed by atoms with Crippen LogP contribution in [0.5, 0.6) is 0 Å². The number of β-amino-alcohol motifs (C(OH)–C–C–N with tert-alkyl or cyclic N) is 1. The van der Waals surface area contributed by atoms with Crippen molar-refractivity contribution in [2.24, 2.45) is 0 Å². The van der Waals surface area contributed by atoms with E-state index in [1.807, 2.05) is 91.0 Å². The highest BCUT2D eigenvalue weighted by Crippen LogP contribution is 2.42. The van der Waals surface area contributed by atoms with E-state index in [4.69, 9.17) is 38.0 Å². The molecule has 0 aliphatic carbocycles. The van der Waals surface area contributed by atoms with Crippen LogP contribution in [0.2, 0.25) is 0 Å². The number of nitrogens with zero attached hydrogens (tertiary/aromatic N) is 1. The van der Waals surface area contributed by atoms with Gasteiger partial charge < -0.3 is 43.1 Å². The molecule has 4 heterocycles. The molecular weight excluding hydrogens is 1770 g/mol. The van der Waals surface area contributed by atoms with E-state index in [1.165, 1.54) is 91.0 Å². The zero-order chi connectivity index (χ0) is 87.6. The largest absolute Gasteiger partial charge is 0.495 e. The minimum Gasteiger partial charge on any atom is -0.423 e. The van der Waals surface area contributed by atoms with Crippen molar-refractivity contribution in [2.45, 2.75) is 192 Å². The quantitative estimate of drug-likeness (QED) is 0.0695. The van der Waals surface area contributed by atoms with Gasteiger partial charge in [-0.05, 0) is 284 Å². The predicted molar refractivity (Wildman–Crippen MR) is 516 cm³/mol. The fourth-order valence-electron chi connectivity index (χ4n) is 14.4. The molecule has 121 heavy (non-hydrogen) atoms. The number of hydrogen-bond acceptors (Lipinski definition) is 13. The normalized spacial score (nSPS) is 16.7. The summed E-state index contributed by atoms with van der Waals surface area (Å²) in [6, 6.07) is 74.3. The summed E-state index contributed by atoms with van der Waals surface area (Å²) in [4.78, 5) is 34.3. The van der Waals surface area contributed by atoms with Crippen molar-refractivity contribution >= 4 is 133 Å². The third-order valence-corrected chi connectivity index (χ3v) is 27.7. The Bertz CT molecular complexity index is 5270. The van der Waals surface area contributed by atoms with Crippen molar-refractivity contribution in [2.75, 3.05) is 13.1 Å². The molecule has 4 fully saturated rings. The van der Waals surface area contributed by atoms with E-state index in [1.54, 1.807) is 0 Å². The van der Waals surface area contributed by atoms with Gasteiger partial charge in [0.15, 0.2) is 0 Å². The van der Waals surface area contributed by atoms with E-state index in [9.17, 15) is 19.5 Å². The van der Waals surface area contributed by atoms with Crippen molar-refractivity contribution in [3.8, 4) is 55.6 Å². The monoisotopic (exact) mass is 1880 g/mol. The van der Waals surface area contributed by atoms with Gasteiger partial charge in [0.2, 0.25) is 0 Å². The SMILES string of the molecule is C.Cc1c(B2OC(C)(C)C(C)(C)O2)cccc1-c1ccc(C=O)cc1.Cc1c(B2OC(C)(C)C(C)(C)O2)cccc1-c1cccc(-c2ccc(C=O)cc2)c1C.Cc1c(B2OC(C)(C)C(C)(C)O2)cccc1-c1cccc(-c2ccc(CN3CC[C@@H](O)C3)cc2)c1C.Cc1c(Br)cccc1Br.Cc1c(Br)cccc1Br.O=Cc1ccc(B(O)O)cc1. The van der Waals surface area contributed by atoms with Gasteiger partial charge >= 0.3 is 28.5 Å². The molecular formula is C100H113B4Br4NO12. The Morgan fingerprint density at radius 2 is 0.603 bits per heavy atom. The van der Waals surface area contributed by atoms with E-state index in [2.05, 4.69) is 309 Å². The summed E-state index contributed by atoms with van der Waals surface area (Å²) in [5.74, 6) is 0. The molecule has 11 aromatic carbocycles. The lowest BCUT2D eigenvalue weighted by Crippen LogP contribution is -2.41. The summed E-state index contributed by atoms with van der Waals surface area (Å²) in [7, 11) is -2.59. The molecule has 0 bridgehead atoms. The molecule has 0 saturated carbocycles. The second-order valence-electron chi connectivity index (χ2n) is 34.0. The fraction of sp³-hybridized carbons (Fsp3) is 0.310. The van der Waals surface area contributed by atoms with E-state index in [0.29, 0.717) is 28.4 Å². The Hall–Kier alpha value is -7.79. The average Bonchev–Trinajstić information content (AvgIpc) is 1.71. The third kappa shape index (κ3) is 23.2. The zero-order valence-electron chi connectivity index (χ0n) is 72.3. The lowest BCUT2D eigenvalue weighted by atomic mass is 9.74. The van der Waals surface area contributed by atoms with Crippen LogP contribution in [0.4, 0.5) is 0 Å². The highest BCUT2D eigenvalue weighted by molar-refractivity contribution is 9.11. The Morgan fingerprint density at radius 1 is 0.355 bits per heavy atom. The van der Waals surface area contributed by atoms with Gasteiger partial charge in [0.25, 0.3) is 0 Å². The van der Waals surface area contributed by atoms with Crippen LogP contribution in [0.15, 0.2) is 242 Å². The van der Waals surface area contributed by atoms with Crippen molar-refractivity contribution in [3.63, 3.8) is 0 Å². The van der Waals surface area contributed by atoms with Gasteiger partial charge in [0.05, 0.1) is 39.7 Å². The summed E-state index contributed by atoms with van der Waals surface area (Å²) in [5.41, 5.74) is 24.8. The summed E-state index contributed by atoms with van der Waals surface area (Å²) in [5, 5.41) is 27.1. The molecule has 4 aliphatic heterocycles. The van der Waals surface area contributed by atoms with Crippen molar-refractivity contribution < 1.29 is 57.5 Å². The van der Waals surface area contributed by atoms with Gasteiger partial charge in [0, 0.05) is 54.2 Å². The van der Waals surface area contributed by atoms with Crippen LogP contribution in [-0.4, -0.2) is 120 Å². The summed E-state index contributed by atoms with van der Waals surface area (Å²) >= 11 is 13.7. The smallest absolute Gasteiger partial charge is 0.423 e. The van der Waals surface area contributed by atoms with Crippen LogP contribution in [-0.2, 0) is 34.5 Å². The van der Waals surface area contributed by atoms with Crippen molar-refractivity contribution in [1.82, 2.24) is 4.90 Å². The number of likely N-dealkylation sites (tertiary alicyclic amines) is 1. The molecule has 4 aliphatic rings. The number of aliphatic hydroxyl groups is 1. The first-order valence-corrected chi connectivity index (χ1v) is 43.7. The molecule has 1 atom stereocenters. The maximum absolute atomic E-state index is 11.0. The predicted octanol–water partition coefficient (Wildman–Crippen LogP) is 21.9. The second-order valence-corrected chi connectivity index (χ2v) is 37.4. The molecule has 0 radical (unpaired) electrons. The summed E-state index contributed by atoms with van der Waals surface area (Å²) in [6.07, 6.45) is 3.13. The molecule has 15 rings (SSSR count). The Morgan fingerprint density at radius 3 is 0.876 bits per heavy atom. The van der Waals surface area contributed by atoms with Crippen LogP contribution in [0.1, 0.15) is 173 Å². The minimum atomic E-state index is -1.46. The number of hydrogen-bond donors (Lipinski definition) is 3. The van der Waals surface area contributed by atoms with Gasteiger partial charge in [0.1, 0.15) is 18.9 Å². The summed E-state index contributed by atoms with van der Waals surface area (Å²) in [6.45, 7) is 42.5. The molecule has 4 saturated heterocycles. The topological polar surface area (TPSA) is 171 Å². The summed E-state index contributed by atoms with van der Waals surface area (Å²) < 4.78 is 42.4. The minimum absolute atomic E-state index is 0. The maximum atomic E-state index is 11.0. The second kappa shape index (κ2) is 41.3. The third-order valence-electron chi connectivity index (χ3n) is 24.3. The number of rotatable bonds is 14.